The van der Waals surface area contributed by atoms with Gasteiger partial charge in [0.2, 0.25) is 0 Å². The van der Waals surface area contributed by atoms with E-state index in [1.807, 2.05) is 0 Å². The lowest BCUT2D eigenvalue weighted by Gasteiger charge is -2.06. The molecule has 1 rings (SSSR count). The second-order valence-corrected chi connectivity index (χ2v) is 3.65. The third kappa shape index (κ3) is 2.16. The number of carboxylic acids is 1. The maximum Gasteiger partial charge on any atom is 0.339 e. The molecule has 0 saturated carbocycles. The number of methoxy groups -OCH3 is 1. The molecule has 0 fully saturated rings. The zero-order valence-corrected chi connectivity index (χ0v) is 9.22. The van der Waals surface area contributed by atoms with Crippen LogP contribution in [-0.4, -0.2) is 18.2 Å². The lowest BCUT2D eigenvalue weighted by molar-refractivity contribution is 0.0693. The standard InChI is InChI=1S/C8H7BrO3S/c1-12-6-3-5(9)7(13)2-4(6)8(10)11/h2-3,13H,1H3,(H,10,11). The number of halogens is 1. The van der Waals surface area contributed by atoms with Crippen molar-refractivity contribution in [1.29, 1.82) is 0 Å². The molecule has 0 bridgehead atoms. The number of aromatic carboxylic acids is 1. The van der Waals surface area contributed by atoms with E-state index in [1.165, 1.54) is 13.2 Å². The topological polar surface area (TPSA) is 46.5 Å². The lowest BCUT2D eigenvalue weighted by Crippen LogP contribution is -2.00. The van der Waals surface area contributed by atoms with Gasteiger partial charge in [-0.25, -0.2) is 4.79 Å². The molecule has 1 aromatic carbocycles. The van der Waals surface area contributed by atoms with Crippen molar-refractivity contribution in [2.24, 2.45) is 0 Å². The summed E-state index contributed by atoms with van der Waals surface area (Å²) in [6, 6.07) is 3.01. The van der Waals surface area contributed by atoms with E-state index in [-0.39, 0.29) is 5.56 Å². The molecule has 0 unspecified atom stereocenters. The van der Waals surface area contributed by atoms with Crippen LogP contribution < -0.4 is 4.74 Å². The van der Waals surface area contributed by atoms with Crippen LogP contribution >= 0.6 is 28.6 Å². The van der Waals surface area contributed by atoms with Gasteiger partial charge in [0.25, 0.3) is 0 Å². The first-order valence-corrected chi connectivity index (χ1v) is 4.60. The number of hydrogen-bond acceptors (Lipinski definition) is 3. The van der Waals surface area contributed by atoms with E-state index in [1.54, 1.807) is 6.07 Å². The first-order valence-electron chi connectivity index (χ1n) is 3.36. The summed E-state index contributed by atoms with van der Waals surface area (Å²) in [7, 11) is 1.42. The first kappa shape index (κ1) is 10.4. The van der Waals surface area contributed by atoms with Crippen molar-refractivity contribution >= 4 is 34.5 Å². The molecule has 0 aliphatic heterocycles. The Morgan fingerprint density at radius 3 is 2.69 bits per heavy atom. The van der Waals surface area contributed by atoms with Gasteiger partial charge in [0.1, 0.15) is 11.3 Å². The second kappa shape index (κ2) is 4.02. The molecule has 0 aliphatic rings. The molecule has 0 amide bonds. The number of thiol groups is 1. The minimum Gasteiger partial charge on any atom is -0.496 e. The zero-order valence-electron chi connectivity index (χ0n) is 6.74. The van der Waals surface area contributed by atoms with E-state index >= 15 is 0 Å². The molecule has 0 aromatic heterocycles. The number of ether oxygens (including phenoxy) is 1. The number of benzene rings is 1. The van der Waals surface area contributed by atoms with E-state index in [2.05, 4.69) is 28.6 Å². The first-order chi connectivity index (χ1) is 6.06. The van der Waals surface area contributed by atoms with E-state index in [4.69, 9.17) is 9.84 Å². The van der Waals surface area contributed by atoms with Crippen molar-refractivity contribution in [2.45, 2.75) is 4.90 Å². The highest BCUT2D eigenvalue weighted by Crippen LogP contribution is 2.29. The molecule has 5 heteroatoms. The van der Waals surface area contributed by atoms with Crippen molar-refractivity contribution in [3.63, 3.8) is 0 Å². The average Bonchev–Trinajstić information content (AvgIpc) is 2.08. The third-order valence-electron chi connectivity index (χ3n) is 1.50. The minimum absolute atomic E-state index is 0.107. The summed E-state index contributed by atoms with van der Waals surface area (Å²) in [5.41, 5.74) is 0.107. The molecule has 0 atom stereocenters. The Kier molecular flexibility index (Phi) is 3.22. The Morgan fingerprint density at radius 1 is 1.62 bits per heavy atom. The van der Waals surface area contributed by atoms with Crippen molar-refractivity contribution in [1.82, 2.24) is 0 Å². The van der Waals surface area contributed by atoms with E-state index < -0.39 is 5.97 Å². The van der Waals surface area contributed by atoms with Crippen LogP contribution in [0.25, 0.3) is 0 Å². The number of carboxylic acid groups (broad SMARTS) is 1. The zero-order chi connectivity index (χ0) is 10.0. The molecule has 0 spiro atoms. The Morgan fingerprint density at radius 2 is 2.23 bits per heavy atom. The summed E-state index contributed by atoms with van der Waals surface area (Å²) < 4.78 is 5.60. The maximum absolute atomic E-state index is 10.7. The third-order valence-corrected chi connectivity index (χ3v) is 2.83. The van der Waals surface area contributed by atoms with Crippen LogP contribution in [0.2, 0.25) is 0 Å². The fourth-order valence-corrected chi connectivity index (χ4v) is 1.40. The van der Waals surface area contributed by atoms with E-state index in [0.29, 0.717) is 15.1 Å². The van der Waals surface area contributed by atoms with E-state index in [9.17, 15) is 4.79 Å². The van der Waals surface area contributed by atoms with Crippen LogP contribution in [0.4, 0.5) is 0 Å². The lowest BCUT2D eigenvalue weighted by atomic mass is 10.2. The van der Waals surface area contributed by atoms with Gasteiger partial charge < -0.3 is 9.84 Å². The molecule has 70 valence electrons. The predicted octanol–water partition coefficient (Wildman–Crippen LogP) is 2.44. The average molecular weight is 263 g/mol. The van der Waals surface area contributed by atoms with Crippen LogP contribution in [0.1, 0.15) is 10.4 Å². The SMILES string of the molecule is COc1cc(Br)c(S)cc1C(=O)O. The van der Waals surface area contributed by atoms with Gasteiger partial charge in [-0.1, -0.05) is 0 Å². The van der Waals surface area contributed by atoms with Gasteiger partial charge in [-0.05, 0) is 28.1 Å². The van der Waals surface area contributed by atoms with E-state index in [0.717, 1.165) is 0 Å². The molecule has 1 aromatic rings. The maximum atomic E-state index is 10.7. The fourth-order valence-electron chi connectivity index (χ4n) is 0.880. The van der Waals surface area contributed by atoms with Gasteiger partial charge in [0.15, 0.2) is 0 Å². The van der Waals surface area contributed by atoms with Crippen LogP contribution in [0.3, 0.4) is 0 Å². The van der Waals surface area contributed by atoms with Gasteiger partial charge in [0.05, 0.1) is 7.11 Å². The Hall–Kier alpha value is -0.680. The highest BCUT2D eigenvalue weighted by molar-refractivity contribution is 9.10. The van der Waals surface area contributed by atoms with Crippen LogP contribution in [-0.2, 0) is 0 Å². The molecule has 3 nitrogen and oxygen atoms in total. The summed E-state index contributed by atoms with van der Waals surface area (Å²) in [5, 5.41) is 8.78. The molecule has 0 aliphatic carbocycles. The Balaban J connectivity index is 3.33. The molecule has 0 heterocycles. The largest absolute Gasteiger partial charge is 0.496 e. The smallest absolute Gasteiger partial charge is 0.339 e. The summed E-state index contributed by atoms with van der Waals surface area (Å²) >= 11 is 7.30. The highest BCUT2D eigenvalue weighted by atomic mass is 79.9. The molecular weight excluding hydrogens is 256 g/mol. The summed E-state index contributed by atoms with van der Waals surface area (Å²) in [6.45, 7) is 0. The predicted molar refractivity (Wildman–Crippen MR) is 54.9 cm³/mol. The molecule has 1 N–H and O–H groups in total. The molecular formula is C8H7BrO3S. The monoisotopic (exact) mass is 262 g/mol. The fraction of sp³-hybridized carbons (Fsp3) is 0.125. The Bertz CT molecular complexity index is 351. The summed E-state index contributed by atoms with van der Waals surface area (Å²) in [6.07, 6.45) is 0. The minimum atomic E-state index is -1.03. The highest BCUT2D eigenvalue weighted by Gasteiger charge is 2.12. The van der Waals surface area contributed by atoms with Gasteiger partial charge in [-0.3, -0.25) is 0 Å². The number of carbonyl (C=O) groups is 1. The molecule has 0 saturated heterocycles. The normalized spacial score (nSPS) is 9.77. The molecule has 0 radical (unpaired) electrons. The van der Waals surface area contributed by atoms with Crippen LogP contribution in [0, 0.1) is 0 Å². The van der Waals surface area contributed by atoms with Gasteiger partial charge in [0, 0.05) is 9.37 Å². The van der Waals surface area contributed by atoms with Crippen LogP contribution in [0.5, 0.6) is 5.75 Å². The van der Waals surface area contributed by atoms with Crippen molar-refractivity contribution < 1.29 is 14.6 Å². The van der Waals surface area contributed by atoms with Crippen molar-refractivity contribution in [2.75, 3.05) is 7.11 Å². The second-order valence-electron chi connectivity index (χ2n) is 2.31. The number of hydrogen-bond donors (Lipinski definition) is 2. The quantitative estimate of drug-likeness (QED) is 0.805. The Labute approximate surface area is 89.3 Å². The van der Waals surface area contributed by atoms with Gasteiger partial charge in [-0.2, -0.15) is 0 Å². The van der Waals surface area contributed by atoms with Gasteiger partial charge in [-0.15, -0.1) is 12.6 Å². The van der Waals surface area contributed by atoms with Crippen molar-refractivity contribution in [3.8, 4) is 5.75 Å². The van der Waals surface area contributed by atoms with Gasteiger partial charge >= 0.3 is 5.97 Å². The summed E-state index contributed by atoms with van der Waals surface area (Å²) in [4.78, 5) is 11.3. The number of rotatable bonds is 2. The molecule has 13 heavy (non-hydrogen) atoms. The summed E-state index contributed by atoms with van der Waals surface area (Å²) in [5.74, 6) is -0.711. The van der Waals surface area contributed by atoms with Crippen molar-refractivity contribution in [3.05, 3.63) is 22.2 Å². The van der Waals surface area contributed by atoms with Crippen LogP contribution in [0.15, 0.2) is 21.5 Å².